The van der Waals surface area contributed by atoms with Crippen LogP contribution in [0.3, 0.4) is 0 Å². The molecule has 16 heavy (non-hydrogen) atoms. The number of hydrogen-bond acceptors (Lipinski definition) is 4. The van der Waals surface area contributed by atoms with Crippen molar-refractivity contribution in [3.8, 4) is 6.07 Å². The van der Waals surface area contributed by atoms with Crippen LogP contribution in [0.25, 0.3) is 0 Å². The number of nitrogens with zero attached hydrogens (tertiary/aromatic N) is 1. The summed E-state index contributed by atoms with van der Waals surface area (Å²) in [5.74, 6) is -0.689. The highest BCUT2D eigenvalue weighted by atomic mass is 16.1. The average molecular weight is 221 g/mol. The van der Waals surface area contributed by atoms with Crippen LogP contribution >= 0.6 is 0 Å². The van der Waals surface area contributed by atoms with Gasteiger partial charge in [0.1, 0.15) is 11.6 Å². The second kappa shape index (κ2) is 4.35. The summed E-state index contributed by atoms with van der Waals surface area (Å²) in [5, 5.41) is 11.7. The maximum atomic E-state index is 11.7. The molecule has 0 aromatic carbocycles. The lowest BCUT2D eigenvalue weighted by molar-refractivity contribution is -0.119. The van der Waals surface area contributed by atoms with Crippen molar-refractivity contribution >= 4 is 11.7 Å². The standard InChI is InChI=1S/C11H15N3O2/c1-11(2)3-8(14-6-10(13)16)7(5-12)9(15)4-11/h14H,3-4,6H2,1-2H3,(H2,13,16). The van der Waals surface area contributed by atoms with E-state index < -0.39 is 5.91 Å². The molecule has 1 aliphatic carbocycles. The minimum Gasteiger partial charge on any atom is -0.378 e. The van der Waals surface area contributed by atoms with Gasteiger partial charge in [-0.1, -0.05) is 13.8 Å². The van der Waals surface area contributed by atoms with E-state index in [1.54, 1.807) is 0 Å². The summed E-state index contributed by atoms with van der Waals surface area (Å²) in [4.78, 5) is 22.3. The smallest absolute Gasteiger partial charge is 0.236 e. The Morgan fingerprint density at radius 1 is 1.56 bits per heavy atom. The number of primary amides is 1. The summed E-state index contributed by atoms with van der Waals surface area (Å²) in [6, 6.07) is 1.88. The number of amides is 1. The van der Waals surface area contributed by atoms with Crippen molar-refractivity contribution in [3.05, 3.63) is 11.3 Å². The fourth-order valence-electron chi connectivity index (χ4n) is 1.80. The van der Waals surface area contributed by atoms with E-state index in [2.05, 4.69) is 5.32 Å². The molecule has 1 rings (SSSR count). The maximum absolute atomic E-state index is 11.7. The lowest BCUT2D eigenvalue weighted by Gasteiger charge is -2.30. The first-order valence-electron chi connectivity index (χ1n) is 5.04. The van der Waals surface area contributed by atoms with Gasteiger partial charge in [-0.25, -0.2) is 0 Å². The first-order valence-corrected chi connectivity index (χ1v) is 5.04. The van der Waals surface area contributed by atoms with Crippen molar-refractivity contribution in [3.63, 3.8) is 0 Å². The Morgan fingerprint density at radius 3 is 2.69 bits per heavy atom. The van der Waals surface area contributed by atoms with E-state index in [0.29, 0.717) is 18.5 Å². The zero-order valence-corrected chi connectivity index (χ0v) is 9.46. The van der Waals surface area contributed by atoms with E-state index in [1.807, 2.05) is 19.9 Å². The van der Waals surface area contributed by atoms with Crippen LogP contribution in [0.2, 0.25) is 0 Å². The lowest BCUT2D eigenvalue weighted by Crippen LogP contribution is -2.35. The van der Waals surface area contributed by atoms with Crippen LogP contribution in [-0.4, -0.2) is 18.2 Å². The van der Waals surface area contributed by atoms with Gasteiger partial charge in [-0.05, 0) is 11.8 Å². The molecular weight excluding hydrogens is 206 g/mol. The van der Waals surface area contributed by atoms with Crippen LogP contribution in [0, 0.1) is 16.7 Å². The van der Waals surface area contributed by atoms with Crippen molar-refractivity contribution < 1.29 is 9.59 Å². The maximum Gasteiger partial charge on any atom is 0.236 e. The molecule has 0 saturated carbocycles. The molecule has 1 amide bonds. The van der Waals surface area contributed by atoms with Crippen molar-refractivity contribution in [2.45, 2.75) is 26.7 Å². The van der Waals surface area contributed by atoms with Gasteiger partial charge < -0.3 is 11.1 Å². The molecule has 0 aromatic rings. The molecule has 0 fully saturated rings. The van der Waals surface area contributed by atoms with Crippen molar-refractivity contribution in [1.82, 2.24) is 5.32 Å². The van der Waals surface area contributed by atoms with Gasteiger partial charge in [-0.2, -0.15) is 5.26 Å². The van der Waals surface area contributed by atoms with Crippen LogP contribution in [0.15, 0.2) is 11.3 Å². The number of nitriles is 1. The molecule has 86 valence electrons. The van der Waals surface area contributed by atoms with Crippen molar-refractivity contribution in [1.29, 1.82) is 5.26 Å². The van der Waals surface area contributed by atoms with E-state index in [1.165, 1.54) is 0 Å². The normalized spacial score (nSPS) is 19.2. The third-order valence-corrected chi connectivity index (χ3v) is 2.46. The van der Waals surface area contributed by atoms with Crippen LogP contribution in [0.4, 0.5) is 0 Å². The molecule has 0 heterocycles. The molecule has 3 N–H and O–H groups in total. The molecule has 0 aromatic heterocycles. The van der Waals surface area contributed by atoms with Crippen LogP contribution in [-0.2, 0) is 9.59 Å². The number of rotatable bonds is 3. The molecule has 0 unspecified atom stereocenters. The predicted molar refractivity (Wildman–Crippen MR) is 57.9 cm³/mol. The van der Waals surface area contributed by atoms with Gasteiger partial charge in [0.15, 0.2) is 5.78 Å². The monoisotopic (exact) mass is 221 g/mol. The Morgan fingerprint density at radius 2 is 2.19 bits per heavy atom. The summed E-state index contributed by atoms with van der Waals surface area (Å²) < 4.78 is 0. The average Bonchev–Trinajstić information content (AvgIpc) is 2.12. The van der Waals surface area contributed by atoms with Gasteiger partial charge >= 0.3 is 0 Å². The fraction of sp³-hybridized carbons (Fsp3) is 0.545. The number of nitrogens with one attached hydrogen (secondary N) is 1. The van der Waals surface area contributed by atoms with E-state index >= 15 is 0 Å². The Kier molecular flexibility index (Phi) is 3.33. The Balaban J connectivity index is 2.94. The largest absolute Gasteiger partial charge is 0.378 e. The second-order valence-electron chi connectivity index (χ2n) is 4.73. The van der Waals surface area contributed by atoms with E-state index in [9.17, 15) is 9.59 Å². The van der Waals surface area contributed by atoms with Gasteiger partial charge in [0.2, 0.25) is 5.91 Å². The van der Waals surface area contributed by atoms with Crippen LogP contribution in [0.5, 0.6) is 0 Å². The van der Waals surface area contributed by atoms with Crippen molar-refractivity contribution in [2.24, 2.45) is 11.1 Å². The molecule has 1 aliphatic rings. The number of ketones is 1. The molecule has 5 heteroatoms. The number of Topliss-reactive ketones (excluding diaryl/α,β-unsaturated/α-hetero) is 1. The minimum absolute atomic E-state index is 0.0517. The number of carbonyl (C=O) groups excluding carboxylic acids is 2. The highest BCUT2D eigenvalue weighted by Gasteiger charge is 2.32. The Labute approximate surface area is 94.3 Å². The first kappa shape index (κ1) is 12.2. The molecule has 0 saturated heterocycles. The van der Waals surface area contributed by atoms with Crippen LogP contribution < -0.4 is 11.1 Å². The number of carbonyl (C=O) groups is 2. The Bertz CT molecular complexity index is 402. The van der Waals surface area contributed by atoms with Crippen molar-refractivity contribution in [2.75, 3.05) is 6.54 Å². The first-order chi connectivity index (χ1) is 7.35. The highest BCUT2D eigenvalue weighted by Crippen LogP contribution is 2.35. The fourth-order valence-corrected chi connectivity index (χ4v) is 1.80. The minimum atomic E-state index is -0.513. The molecule has 5 nitrogen and oxygen atoms in total. The number of hydrogen-bond donors (Lipinski definition) is 2. The lowest BCUT2D eigenvalue weighted by atomic mass is 9.76. The zero-order chi connectivity index (χ0) is 12.3. The van der Waals surface area contributed by atoms with E-state index in [4.69, 9.17) is 11.0 Å². The third-order valence-electron chi connectivity index (χ3n) is 2.46. The highest BCUT2D eigenvalue weighted by molar-refractivity contribution is 6.01. The number of nitrogens with two attached hydrogens (primary N) is 1. The summed E-state index contributed by atoms with van der Waals surface area (Å²) in [5.41, 5.74) is 5.48. The molecule has 0 aliphatic heterocycles. The SMILES string of the molecule is CC1(C)CC(=O)C(C#N)=C(NCC(N)=O)C1. The third kappa shape index (κ3) is 2.83. The van der Waals surface area contributed by atoms with E-state index in [-0.39, 0.29) is 23.3 Å². The van der Waals surface area contributed by atoms with Gasteiger partial charge in [0.05, 0.1) is 6.54 Å². The number of allylic oxidation sites excluding steroid dienone is 2. The van der Waals surface area contributed by atoms with Gasteiger partial charge in [0, 0.05) is 12.1 Å². The van der Waals surface area contributed by atoms with Gasteiger partial charge in [-0.3, -0.25) is 9.59 Å². The van der Waals surface area contributed by atoms with E-state index in [0.717, 1.165) is 0 Å². The predicted octanol–water partition coefficient (Wildman–Crippen LogP) is 0.228. The topological polar surface area (TPSA) is 96.0 Å². The summed E-state index contributed by atoms with van der Waals surface area (Å²) in [6.45, 7) is 3.85. The molecule has 0 radical (unpaired) electrons. The van der Waals surface area contributed by atoms with Gasteiger partial charge in [0.25, 0.3) is 0 Å². The molecule has 0 bridgehead atoms. The summed E-state index contributed by atoms with van der Waals surface area (Å²) >= 11 is 0. The van der Waals surface area contributed by atoms with Gasteiger partial charge in [-0.15, -0.1) is 0 Å². The molecule has 0 atom stereocenters. The summed E-state index contributed by atoms with van der Waals surface area (Å²) in [6.07, 6.45) is 0.937. The summed E-state index contributed by atoms with van der Waals surface area (Å²) in [7, 11) is 0. The Hall–Kier alpha value is -1.83. The zero-order valence-electron chi connectivity index (χ0n) is 9.46. The molecule has 0 spiro atoms. The second-order valence-corrected chi connectivity index (χ2v) is 4.73. The molecular formula is C11H15N3O2. The van der Waals surface area contributed by atoms with Crippen LogP contribution in [0.1, 0.15) is 26.7 Å². The quantitative estimate of drug-likeness (QED) is 0.712.